The van der Waals surface area contributed by atoms with Crippen LogP contribution in [0.5, 0.6) is 5.75 Å². The molecule has 0 heterocycles. The maximum Gasteiger partial charge on any atom is 0.312 e. The van der Waals surface area contributed by atoms with E-state index >= 15 is 0 Å². The number of rotatable bonds is 7. The van der Waals surface area contributed by atoms with Gasteiger partial charge in [0.2, 0.25) is 10.0 Å². The first-order chi connectivity index (χ1) is 10.9. The molecule has 0 bridgehead atoms. The summed E-state index contributed by atoms with van der Waals surface area (Å²) < 4.78 is 32.5. The zero-order valence-electron chi connectivity index (χ0n) is 12.9. The second-order valence-electron chi connectivity index (χ2n) is 5.60. The summed E-state index contributed by atoms with van der Waals surface area (Å²) in [5.74, 6) is 0.225. The van der Waals surface area contributed by atoms with E-state index in [-0.39, 0.29) is 34.8 Å². The molecular weight excluding hydrogens is 322 g/mol. The lowest BCUT2D eigenvalue weighted by Gasteiger charge is -2.23. The van der Waals surface area contributed by atoms with Gasteiger partial charge in [0, 0.05) is 18.7 Å². The molecule has 1 aliphatic rings. The Bertz CT molecular complexity index is 671. The Morgan fingerprint density at radius 3 is 2.61 bits per heavy atom. The lowest BCUT2D eigenvalue weighted by molar-refractivity contribution is -0.386. The highest BCUT2D eigenvalue weighted by Gasteiger charge is 2.29. The van der Waals surface area contributed by atoms with Crippen molar-refractivity contribution in [3.8, 4) is 5.75 Å². The van der Waals surface area contributed by atoms with Crippen LogP contribution in [0.3, 0.4) is 0 Å². The fourth-order valence-corrected chi connectivity index (χ4v) is 4.28. The molecule has 2 rings (SSSR count). The molecule has 1 saturated carbocycles. The second-order valence-corrected chi connectivity index (χ2v) is 7.31. The minimum Gasteiger partial charge on any atom is -0.490 e. The first kappa shape index (κ1) is 17.6. The summed E-state index contributed by atoms with van der Waals surface area (Å²) in [6.45, 7) is 0.197. The van der Waals surface area contributed by atoms with E-state index in [0.717, 1.165) is 31.7 Å². The summed E-state index contributed by atoms with van der Waals surface area (Å²) >= 11 is 0. The molecule has 23 heavy (non-hydrogen) atoms. The largest absolute Gasteiger partial charge is 0.490 e. The monoisotopic (exact) mass is 343 g/mol. The van der Waals surface area contributed by atoms with Crippen molar-refractivity contribution in [1.29, 1.82) is 0 Å². The topological polar surface area (TPSA) is 125 Å². The molecule has 128 valence electrons. The van der Waals surface area contributed by atoms with Crippen LogP contribution in [0.4, 0.5) is 5.69 Å². The number of nitrogens with zero attached hydrogens (tertiary/aromatic N) is 1. The van der Waals surface area contributed by atoms with Crippen molar-refractivity contribution in [3.05, 3.63) is 28.3 Å². The molecule has 0 aromatic heterocycles. The molecule has 1 fully saturated rings. The van der Waals surface area contributed by atoms with Crippen LogP contribution in [0, 0.1) is 16.0 Å². The van der Waals surface area contributed by atoms with Crippen LogP contribution < -0.4 is 15.2 Å². The lowest BCUT2D eigenvalue weighted by Crippen LogP contribution is -2.44. The van der Waals surface area contributed by atoms with Crippen molar-refractivity contribution in [3.63, 3.8) is 0 Å². The third-order valence-electron chi connectivity index (χ3n) is 4.19. The summed E-state index contributed by atoms with van der Waals surface area (Å²) in [6.07, 6.45) is 4.01. The average molecular weight is 343 g/mol. The molecule has 1 aromatic rings. The highest BCUT2D eigenvalue weighted by Crippen LogP contribution is 2.31. The van der Waals surface area contributed by atoms with Gasteiger partial charge in [0.05, 0.1) is 16.9 Å². The molecule has 0 spiro atoms. The molecule has 1 atom stereocenters. The number of hydrogen-bond donors (Lipinski definition) is 2. The Labute approximate surface area is 135 Å². The van der Waals surface area contributed by atoms with Gasteiger partial charge in [0.25, 0.3) is 0 Å². The van der Waals surface area contributed by atoms with E-state index in [4.69, 9.17) is 10.5 Å². The van der Waals surface area contributed by atoms with Crippen LogP contribution in [-0.4, -0.2) is 33.0 Å². The van der Waals surface area contributed by atoms with Crippen molar-refractivity contribution in [2.75, 3.05) is 13.7 Å². The Morgan fingerprint density at radius 1 is 1.43 bits per heavy atom. The van der Waals surface area contributed by atoms with Crippen molar-refractivity contribution < 1.29 is 18.1 Å². The predicted molar refractivity (Wildman–Crippen MR) is 84.8 cm³/mol. The SMILES string of the molecule is COc1ccc(S(=O)(=O)NC(CN)C2CCCC2)cc1[N+](=O)[O-]. The van der Waals surface area contributed by atoms with Crippen molar-refractivity contribution in [2.24, 2.45) is 11.7 Å². The molecular formula is C14H21N3O5S. The highest BCUT2D eigenvalue weighted by atomic mass is 32.2. The summed E-state index contributed by atoms with van der Waals surface area (Å²) in [5.41, 5.74) is 5.32. The van der Waals surface area contributed by atoms with E-state index in [2.05, 4.69) is 4.72 Å². The first-order valence-electron chi connectivity index (χ1n) is 7.44. The normalized spacial score (nSPS) is 17.1. The van der Waals surface area contributed by atoms with Crippen LogP contribution in [0.1, 0.15) is 25.7 Å². The minimum absolute atomic E-state index is 0.0140. The summed E-state index contributed by atoms with van der Waals surface area (Å²) in [7, 11) is -2.59. The molecule has 0 aliphatic heterocycles. The average Bonchev–Trinajstić information content (AvgIpc) is 3.06. The first-order valence-corrected chi connectivity index (χ1v) is 8.92. The van der Waals surface area contributed by atoms with Gasteiger partial charge in [-0.15, -0.1) is 0 Å². The third-order valence-corrected chi connectivity index (χ3v) is 5.67. The van der Waals surface area contributed by atoms with Gasteiger partial charge in [-0.05, 0) is 30.9 Å². The Morgan fingerprint density at radius 2 is 2.09 bits per heavy atom. The van der Waals surface area contributed by atoms with E-state index < -0.39 is 14.9 Å². The summed E-state index contributed by atoms with van der Waals surface area (Å²) in [4.78, 5) is 10.2. The molecule has 0 amide bonds. The number of nitrogens with two attached hydrogens (primary N) is 1. The number of methoxy groups -OCH3 is 1. The summed E-state index contributed by atoms with van der Waals surface area (Å²) in [6, 6.07) is 3.21. The molecule has 0 saturated heterocycles. The highest BCUT2D eigenvalue weighted by molar-refractivity contribution is 7.89. The van der Waals surface area contributed by atoms with E-state index in [1.807, 2.05) is 0 Å². The van der Waals surface area contributed by atoms with Gasteiger partial charge >= 0.3 is 5.69 Å². The zero-order chi connectivity index (χ0) is 17.0. The smallest absolute Gasteiger partial charge is 0.312 e. The number of ether oxygens (including phenoxy) is 1. The standard InChI is InChI=1S/C14H21N3O5S/c1-22-14-7-6-11(8-13(14)17(18)19)23(20,21)16-12(9-15)10-4-2-3-5-10/h6-8,10,12,16H,2-5,9,15H2,1H3. The fourth-order valence-electron chi connectivity index (χ4n) is 2.94. The van der Waals surface area contributed by atoms with Crippen molar-refractivity contribution in [1.82, 2.24) is 4.72 Å². The number of nitro groups is 1. The van der Waals surface area contributed by atoms with Crippen LogP contribution in [0.25, 0.3) is 0 Å². The van der Waals surface area contributed by atoms with E-state index in [1.54, 1.807) is 0 Å². The van der Waals surface area contributed by atoms with Crippen molar-refractivity contribution >= 4 is 15.7 Å². The molecule has 1 aliphatic carbocycles. The van der Waals surface area contributed by atoms with Gasteiger partial charge < -0.3 is 10.5 Å². The summed E-state index contributed by atoms with van der Waals surface area (Å²) in [5, 5.41) is 11.0. The van der Waals surface area contributed by atoms with Crippen LogP contribution in [0.2, 0.25) is 0 Å². The van der Waals surface area contributed by atoms with Gasteiger partial charge in [0.1, 0.15) is 0 Å². The lowest BCUT2D eigenvalue weighted by atomic mass is 9.99. The van der Waals surface area contributed by atoms with Gasteiger partial charge in [0.15, 0.2) is 5.75 Å². The maximum atomic E-state index is 12.5. The minimum atomic E-state index is -3.88. The van der Waals surface area contributed by atoms with Gasteiger partial charge in [-0.3, -0.25) is 10.1 Å². The maximum absolute atomic E-state index is 12.5. The van der Waals surface area contributed by atoms with Gasteiger partial charge in [-0.25, -0.2) is 13.1 Å². The Balaban J connectivity index is 2.28. The van der Waals surface area contributed by atoms with Crippen LogP contribution in [0.15, 0.2) is 23.1 Å². The van der Waals surface area contributed by atoms with E-state index in [9.17, 15) is 18.5 Å². The third kappa shape index (κ3) is 3.98. The zero-order valence-corrected chi connectivity index (χ0v) is 13.7. The number of benzene rings is 1. The van der Waals surface area contributed by atoms with Gasteiger partial charge in [-0.2, -0.15) is 0 Å². The predicted octanol–water partition coefficient (Wildman–Crippen LogP) is 1.40. The number of nitrogens with one attached hydrogen (secondary N) is 1. The van der Waals surface area contributed by atoms with E-state index in [0.29, 0.717) is 0 Å². The molecule has 0 radical (unpaired) electrons. The quantitative estimate of drug-likeness (QED) is 0.569. The number of sulfonamides is 1. The number of hydrogen-bond acceptors (Lipinski definition) is 6. The Hall–Kier alpha value is -1.71. The number of nitro benzene ring substituents is 1. The van der Waals surface area contributed by atoms with E-state index in [1.165, 1.54) is 19.2 Å². The molecule has 1 unspecified atom stereocenters. The Kier molecular flexibility index (Phi) is 5.55. The molecule has 8 nitrogen and oxygen atoms in total. The fraction of sp³-hybridized carbons (Fsp3) is 0.571. The van der Waals surface area contributed by atoms with Gasteiger partial charge in [-0.1, -0.05) is 12.8 Å². The van der Waals surface area contributed by atoms with Crippen molar-refractivity contribution in [2.45, 2.75) is 36.6 Å². The second kappa shape index (κ2) is 7.24. The molecule has 1 aromatic carbocycles. The van der Waals surface area contributed by atoms with Crippen LogP contribution in [-0.2, 0) is 10.0 Å². The molecule has 9 heteroatoms. The van der Waals surface area contributed by atoms with Crippen LogP contribution >= 0.6 is 0 Å². The molecule has 3 N–H and O–H groups in total.